The molecule has 0 saturated heterocycles. The molecule has 0 atom stereocenters. The molecule has 0 aliphatic carbocycles. The van der Waals surface area contributed by atoms with Crippen LogP contribution in [0.15, 0.2) is 78.9 Å². The van der Waals surface area contributed by atoms with Gasteiger partial charge in [0.05, 0.1) is 16.6 Å². The van der Waals surface area contributed by atoms with Crippen molar-refractivity contribution in [1.29, 1.82) is 0 Å². The third-order valence-electron chi connectivity index (χ3n) is 4.32. The van der Waals surface area contributed by atoms with E-state index in [4.69, 9.17) is 0 Å². The first-order valence-electron chi connectivity index (χ1n) is 9.29. The zero-order chi connectivity index (χ0) is 23.1. The summed E-state index contributed by atoms with van der Waals surface area (Å²) in [7, 11) is 0. The Morgan fingerprint density at radius 3 is 2.28 bits per heavy atom. The number of nitro groups is 1. The SMILES string of the molecule is O=C(/C=C/c1ccc([N+](=O)[O-])cc1)Nc1cccc(C(=O)Nc2ccccc2C(=O)[O-])c1. The predicted molar refractivity (Wildman–Crippen MR) is 116 cm³/mol. The van der Waals surface area contributed by atoms with E-state index in [0.29, 0.717) is 11.3 Å². The van der Waals surface area contributed by atoms with Gasteiger partial charge in [-0.2, -0.15) is 0 Å². The van der Waals surface area contributed by atoms with Gasteiger partial charge in [0, 0.05) is 35.0 Å². The Bertz CT molecular complexity index is 1220. The van der Waals surface area contributed by atoms with E-state index in [0.717, 1.165) is 0 Å². The lowest BCUT2D eigenvalue weighted by Crippen LogP contribution is -2.24. The molecule has 2 amide bonds. The molecule has 32 heavy (non-hydrogen) atoms. The summed E-state index contributed by atoms with van der Waals surface area (Å²) >= 11 is 0. The molecule has 0 unspecified atom stereocenters. The van der Waals surface area contributed by atoms with Crippen LogP contribution < -0.4 is 15.7 Å². The Balaban J connectivity index is 1.66. The number of rotatable bonds is 7. The van der Waals surface area contributed by atoms with Crippen LogP contribution in [0.3, 0.4) is 0 Å². The van der Waals surface area contributed by atoms with E-state index in [1.165, 1.54) is 66.7 Å². The number of nitrogens with zero attached hydrogens (tertiary/aromatic N) is 1. The maximum absolute atomic E-state index is 12.5. The number of hydrogen-bond acceptors (Lipinski definition) is 6. The quantitative estimate of drug-likeness (QED) is 0.335. The van der Waals surface area contributed by atoms with E-state index < -0.39 is 22.7 Å². The van der Waals surface area contributed by atoms with Crippen LogP contribution in [0.4, 0.5) is 17.1 Å². The van der Waals surface area contributed by atoms with Gasteiger partial charge in [-0.05, 0) is 48.0 Å². The zero-order valence-electron chi connectivity index (χ0n) is 16.5. The van der Waals surface area contributed by atoms with Gasteiger partial charge in [-0.3, -0.25) is 19.7 Å². The fourth-order valence-electron chi connectivity index (χ4n) is 2.77. The number of para-hydroxylation sites is 1. The van der Waals surface area contributed by atoms with Gasteiger partial charge in [0.1, 0.15) is 0 Å². The molecule has 9 heteroatoms. The van der Waals surface area contributed by atoms with Crippen LogP contribution in [-0.4, -0.2) is 22.7 Å². The number of non-ortho nitro benzene ring substituents is 1. The third-order valence-corrected chi connectivity index (χ3v) is 4.32. The molecule has 3 aromatic carbocycles. The zero-order valence-corrected chi connectivity index (χ0v) is 16.5. The van der Waals surface area contributed by atoms with Crippen LogP contribution in [0.5, 0.6) is 0 Å². The van der Waals surface area contributed by atoms with Gasteiger partial charge >= 0.3 is 0 Å². The molecule has 0 heterocycles. The van der Waals surface area contributed by atoms with Crippen LogP contribution in [0.2, 0.25) is 0 Å². The van der Waals surface area contributed by atoms with Crippen molar-refractivity contribution in [3.63, 3.8) is 0 Å². The molecular formula is C23H16N3O6-. The van der Waals surface area contributed by atoms with Gasteiger partial charge in [0.25, 0.3) is 11.6 Å². The Hall–Kier alpha value is -4.79. The second-order valence-corrected chi connectivity index (χ2v) is 6.54. The van der Waals surface area contributed by atoms with Crippen LogP contribution in [-0.2, 0) is 4.79 Å². The van der Waals surface area contributed by atoms with E-state index >= 15 is 0 Å². The molecular weight excluding hydrogens is 414 g/mol. The van der Waals surface area contributed by atoms with E-state index in [1.54, 1.807) is 18.2 Å². The summed E-state index contributed by atoms with van der Waals surface area (Å²) in [6.45, 7) is 0. The number of carboxylic acids is 1. The Labute approximate surface area is 182 Å². The minimum absolute atomic E-state index is 0.0519. The highest BCUT2D eigenvalue weighted by molar-refractivity contribution is 6.08. The predicted octanol–water partition coefficient (Wildman–Crippen LogP) is 2.86. The second kappa shape index (κ2) is 9.81. The van der Waals surface area contributed by atoms with Crippen LogP contribution in [0.25, 0.3) is 6.08 Å². The molecule has 9 nitrogen and oxygen atoms in total. The summed E-state index contributed by atoms with van der Waals surface area (Å²) < 4.78 is 0. The van der Waals surface area contributed by atoms with E-state index in [9.17, 15) is 29.6 Å². The fourth-order valence-corrected chi connectivity index (χ4v) is 2.77. The lowest BCUT2D eigenvalue weighted by molar-refractivity contribution is -0.384. The Morgan fingerprint density at radius 1 is 0.875 bits per heavy atom. The number of benzene rings is 3. The van der Waals surface area contributed by atoms with E-state index in [2.05, 4.69) is 10.6 Å². The normalized spacial score (nSPS) is 10.5. The highest BCUT2D eigenvalue weighted by Crippen LogP contribution is 2.18. The van der Waals surface area contributed by atoms with Gasteiger partial charge in [-0.25, -0.2) is 0 Å². The third kappa shape index (κ3) is 5.63. The van der Waals surface area contributed by atoms with Gasteiger partial charge in [0.2, 0.25) is 5.91 Å². The number of nitrogens with one attached hydrogen (secondary N) is 2. The average Bonchev–Trinajstić information content (AvgIpc) is 2.78. The molecule has 0 aromatic heterocycles. The molecule has 0 saturated carbocycles. The van der Waals surface area contributed by atoms with Gasteiger partial charge < -0.3 is 20.5 Å². The van der Waals surface area contributed by atoms with Crippen molar-refractivity contribution in [1.82, 2.24) is 0 Å². The average molecular weight is 430 g/mol. The Kier molecular flexibility index (Phi) is 6.72. The first-order chi connectivity index (χ1) is 15.3. The van der Waals surface area contributed by atoms with Crippen molar-refractivity contribution < 1.29 is 24.4 Å². The maximum Gasteiger partial charge on any atom is 0.269 e. The highest BCUT2D eigenvalue weighted by atomic mass is 16.6. The number of carboxylic acid groups (broad SMARTS) is 1. The number of carbonyl (C=O) groups excluding carboxylic acids is 3. The topological polar surface area (TPSA) is 141 Å². The maximum atomic E-state index is 12.5. The molecule has 2 N–H and O–H groups in total. The number of amides is 2. The Morgan fingerprint density at radius 2 is 1.59 bits per heavy atom. The summed E-state index contributed by atoms with van der Waals surface area (Å²) in [5.41, 5.74) is 1.05. The van der Waals surface area contributed by atoms with Gasteiger partial charge in [-0.1, -0.05) is 24.3 Å². The lowest BCUT2D eigenvalue weighted by atomic mass is 10.1. The van der Waals surface area contributed by atoms with Crippen molar-refractivity contribution in [2.75, 3.05) is 10.6 Å². The van der Waals surface area contributed by atoms with Crippen molar-refractivity contribution in [2.24, 2.45) is 0 Å². The number of hydrogen-bond donors (Lipinski definition) is 2. The molecule has 0 spiro atoms. The largest absolute Gasteiger partial charge is 0.545 e. The molecule has 0 radical (unpaired) electrons. The monoisotopic (exact) mass is 430 g/mol. The van der Waals surface area contributed by atoms with E-state index in [-0.39, 0.29) is 22.5 Å². The van der Waals surface area contributed by atoms with Crippen LogP contribution in [0.1, 0.15) is 26.3 Å². The number of aromatic carboxylic acids is 1. The van der Waals surface area contributed by atoms with Crippen LogP contribution in [0, 0.1) is 10.1 Å². The fraction of sp³-hybridized carbons (Fsp3) is 0. The van der Waals surface area contributed by atoms with E-state index in [1.807, 2.05) is 0 Å². The summed E-state index contributed by atoms with van der Waals surface area (Å²) in [6.07, 6.45) is 2.75. The second-order valence-electron chi connectivity index (χ2n) is 6.54. The molecule has 0 bridgehead atoms. The molecule has 3 rings (SSSR count). The number of nitro benzene ring substituents is 1. The summed E-state index contributed by atoms with van der Waals surface area (Å²) in [5, 5.41) is 27.0. The van der Waals surface area contributed by atoms with Crippen LogP contribution >= 0.6 is 0 Å². The molecule has 3 aromatic rings. The smallest absolute Gasteiger partial charge is 0.269 e. The minimum atomic E-state index is -1.42. The van der Waals surface area contributed by atoms with Crippen molar-refractivity contribution in [3.8, 4) is 0 Å². The first kappa shape index (κ1) is 21.9. The molecule has 160 valence electrons. The highest BCUT2D eigenvalue weighted by Gasteiger charge is 2.11. The number of carbonyl (C=O) groups is 3. The van der Waals surface area contributed by atoms with Gasteiger partial charge in [0.15, 0.2) is 0 Å². The summed E-state index contributed by atoms with van der Waals surface area (Å²) in [4.78, 5) is 46.0. The lowest BCUT2D eigenvalue weighted by Gasteiger charge is -2.12. The van der Waals surface area contributed by atoms with Gasteiger partial charge in [-0.15, -0.1) is 0 Å². The van der Waals surface area contributed by atoms with Crippen molar-refractivity contribution in [3.05, 3.63) is 106 Å². The number of anilines is 2. The molecule has 0 aliphatic rings. The molecule has 0 fully saturated rings. The first-order valence-corrected chi connectivity index (χ1v) is 9.29. The van der Waals surface area contributed by atoms with Crippen molar-refractivity contribution >= 4 is 40.9 Å². The molecule has 0 aliphatic heterocycles. The minimum Gasteiger partial charge on any atom is -0.545 e. The summed E-state index contributed by atoms with van der Waals surface area (Å²) in [6, 6.07) is 17.6. The van der Waals surface area contributed by atoms with Crippen molar-refractivity contribution in [2.45, 2.75) is 0 Å². The standard InChI is InChI=1S/C23H17N3O6/c27-21(13-10-15-8-11-18(12-9-15)26(31)32)24-17-5-3-4-16(14-17)22(28)25-20-7-2-1-6-19(20)23(29)30/h1-14H,(H,24,27)(H,25,28)(H,29,30)/p-1/b13-10+. The summed E-state index contributed by atoms with van der Waals surface area (Å²) in [5.74, 6) is -2.44.